The first kappa shape index (κ1) is 12.3. The van der Waals surface area contributed by atoms with Crippen molar-refractivity contribution in [2.75, 3.05) is 33.9 Å². The van der Waals surface area contributed by atoms with Crippen molar-refractivity contribution in [3.63, 3.8) is 0 Å². The van der Waals surface area contributed by atoms with Gasteiger partial charge in [-0.05, 0) is 18.8 Å². The average molecular weight is 228 g/mol. The van der Waals surface area contributed by atoms with Gasteiger partial charge < -0.3 is 15.2 Å². The summed E-state index contributed by atoms with van der Waals surface area (Å²) in [6.45, 7) is 2.48. The molecule has 16 heavy (non-hydrogen) atoms. The van der Waals surface area contributed by atoms with E-state index in [0.717, 1.165) is 25.6 Å². The third kappa shape index (κ3) is 2.12. The van der Waals surface area contributed by atoms with E-state index < -0.39 is 0 Å². The van der Waals surface area contributed by atoms with Crippen molar-refractivity contribution in [2.45, 2.75) is 37.5 Å². The fourth-order valence-electron chi connectivity index (χ4n) is 3.13. The third-order valence-corrected chi connectivity index (χ3v) is 4.29. The number of rotatable bonds is 5. The highest BCUT2D eigenvalue weighted by Crippen LogP contribution is 2.35. The molecule has 0 radical (unpaired) electrons. The Labute approximate surface area is 98.1 Å². The number of ether oxygens (including phenoxy) is 2. The maximum atomic E-state index is 5.91. The molecule has 0 aromatic heterocycles. The molecular weight excluding hydrogens is 204 g/mol. The van der Waals surface area contributed by atoms with Crippen LogP contribution in [-0.4, -0.2) is 50.6 Å². The van der Waals surface area contributed by atoms with Gasteiger partial charge in [0.15, 0.2) is 5.79 Å². The van der Waals surface area contributed by atoms with Crippen LogP contribution in [0.3, 0.4) is 0 Å². The largest absolute Gasteiger partial charge is 0.351 e. The molecule has 4 heteroatoms. The van der Waals surface area contributed by atoms with Crippen LogP contribution in [0.2, 0.25) is 0 Å². The normalized spacial score (nSPS) is 27.9. The van der Waals surface area contributed by atoms with E-state index in [2.05, 4.69) is 4.90 Å². The van der Waals surface area contributed by atoms with Gasteiger partial charge in [0.25, 0.3) is 0 Å². The summed E-state index contributed by atoms with van der Waals surface area (Å²) in [5, 5.41) is 0. The van der Waals surface area contributed by atoms with E-state index in [4.69, 9.17) is 15.2 Å². The first-order valence-electron chi connectivity index (χ1n) is 6.29. The third-order valence-electron chi connectivity index (χ3n) is 4.29. The zero-order valence-electron chi connectivity index (χ0n) is 10.4. The van der Waals surface area contributed by atoms with E-state index in [0.29, 0.717) is 6.04 Å². The Hall–Kier alpha value is -0.160. The average Bonchev–Trinajstić information content (AvgIpc) is 2.76. The monoisotopic (exact) mass is 228 g/mol. The molecule has 0 aromatic carbocycles. The number of nitrogens with two attached hydrogens (primary N) is 1. The molecule has 1 aliphatic heterocycles. The first-order valence-corrected chi connectivity index (χ1v) is 6.29. The summed E-state index contributed by atoms with van der Waals surface area (Å²) in [6, 6.07) is 0.529. The van der Waals surface area contributed by atoms with Crippen molar-refractivity contribution >= 4 is 0 Å². The molecular formula is C12H24N2O2. The molecule has 1 heterocycles. The summed E-state index contributed by atoms with van der Waals surface area (Å²) in [5.74, 6) is 0.420. The summed E-state index contributed by atoms with van der Waals surface area (Å²) in [6.07, 6.45) is 5.42. The fourth-order valence-corrected chi connectivity index (χ4v) is 3.13. The Morgan fingerprint density at radius 2 is 1.81 bits per heavy atom. The number of likely N-dealkylation sites (tertiary alicyclic amines) is 1. The van der Waals surface area contributed by atoms with Crippen LogP contribution in [0.1, 0.15) is 25.7 Å². The highest BCUT2D eigenvalue weighted by Gasteiger charge is 2.47. The molecule has 2 N–H and O–H groups in total. The minimum Gasteiger partial charge on any atom is -0.351 e. The highest BCUT2D eigenvalue weighted by molar-refractivity contribution is 4.96. The summed E-state index contributed by atoms with van der Waals surface area (Å²) in [5.41, 5.74) is 5.91. The van der Waals surface area contributed by atoms with Gasteiger partial charge in [0.1, 0.15) is 0 Å². The smallest absolute Gasteiger partial charge is 0.193 e. The van der Waals surface area contributed by atoms with Crippen molar-refractivity contribution in [1.29, 1.82) is 0 Å². The summed E-state index contributed by atoms with van der Waals surface area (Å²) in [4.78, 5) is 2.42. The summed E-state index contributed by atoms with van der Waals surface area (Å²) < 4.78 is 10.8. The van der Waals surface area contributed by atoms with E-state index in [1.807, 2.05) is 0 Å². The lowest BCUT2D eigenvalue weighted by Crippen LogP contribution is -2.68. The van der Waals surface area contributed by atoms with Gasteiger partial charge in [0, 0.05) is 26.8 Å². The SMILES string of the molecule is COC1(OC)CN(C(CN)C2CCCC2)C1. The Kier molecular flexibility index (Phi) is 3.85. The zero-order chi connectivity index (χ0) is 11.6. The molecule has 1 saturated carbocycles. The van der Waals surface area contributed by atoms with Crippen molar-refractivity contribution in [1.82, 2.24) is 4.90 Å². The molecule has 1 saturated heterocycles. The molecule has 0 aromatic rings. The first-order chi connectivity index (χ1) is 7.74. The van der Waals surface area contributed by atoms with Gasteiger partial charge >= 0.3 is 0 Å². The number of nitrogens with zero attached hydrogens (tertiary/aromatic N) is 1. The Balaban J connectivity index is 1.88. The maximum Gasteiger partial charge on any atom is 0.193 e. The minimum atomic E-state index is -0.369. The second-order valence-electron chi connectivity index (χ2n) is 5.07. The van der Waals surface area contributed by atoms with E-state index in [1.165, 1.54) is 25.7 Å². The van der Waals surface area contributed by atoms with Crippen molar-refractivity contribution in [3.8, 4) is 0 Å². The standard InChI is InChI=1S/C12H24N2O2/c1-15-12(16-2)8-14(9-12)11(7-13)10-5-3-4-6-10/h10-11H,3-9,13H2,1-2H3. The summed E-state index contributed by atoms with van der Waals surface area (Å²) >= 11 is 0. The van der Waals surface area contributed by atoms with Crippen LogP contribution in [0, 0.1) is 5.92 Å². The van der Waals surface area contributed by atoms with E-state index >= 15 is 0 Å². The second-order valence-corrected chi connectivity index (χ2v) is 5.07. The molecule has 94 valence electrons. The molecule has 1 aliphatic carbocycles. The highest BCUT2D eigenvalue weighted by atomic mass is 16.7. The van der Waals surface area contributed by atoms with Gasteiger partial charge in [0.2, 0.25) is 0 Å². The summed E-state index contributed by atoms with van der Waals surface area (Å²) in [7, 11) is 3.43. The van der Waals surface area contributed by atoms with Crippen molar-refractivity contribution in [2.24, 2.45) is 11.7 Å². The number of hydrogen-bond acceptors (Lipinski definition) is 4. The van der Waals surface area contributed by atoms with Crippen LogP contribution in [0.25, 0.3) is 0 Å². The Bertz CT molecular complexity index is 217. The molecule has 2 rings (SSSR count). The van der Waals surface area contributed by atoms with Crippen LogP contribution in [-0.2, 0) is 9.47 Å². The quantitative estimate of drug-likeness (QED) is 0.707. The lowest BCUT2D eigenvalue weighted by molar-refractivity contribution is -0.284. The predicted octanol–water partition coefficient (Wildman–Crippen LogP) is 0.809. The van der Waals surface area contributed by atoms with Crippen LogP contribution in [0.5, 0.6) is 0 Å². The minimum absolute atomic E-state index is 0.369. The molecule has 1 unspecified atom stereocenters. The van der Waals surface area contributed by atoms with Crippen LogP contribution >= 0.6 is 0 Å². The lowest BCUT2D eigenvalue weighted by atomic mass is 9.92. The van der Waals surface area contributed by atoms with Crippen molar-refractivity contribution in [3.05, 3.63) is 0 Å². The van der Waals surface area contributed by atoms with Gasteiger partial charge in [-0.2, -0.15) is 0 Å². The van der Waals surface area contributed by atoms with Gasteiger partial charge in [-0.1, -0.05) is 12.8 Å². The Morgan fingerprint density at radius 1 is 1.25 bits per heavy atom. The van der Waals surface area contributed by atoms with Crippen LogP contribution in [0.15, 0.2) is 0 Å². The van der Waals surface area contributed by atoms with E-state index in [9.17, 15) is 0 Å². The number of hydrogen-bond donors (Lipinski definition) is 1. The topological polar surface area (TPSA) is 47.7 Å². The van der Waals surface area contributed by atoms with Gasteiger partial charge in [0.05, 0.1) is 13.1 Å². The molecule has 4 nitrogen and oxygen atoms in total. The molecule has 2 fully saturated rings. The van der Waals surface area contributed by atoms with Crippen LogP contribution in [0.4, 0.5) is 0 Å². The second kappa shape index (κ2) is 5.00. The molecule has 0 amide bonds. The molecule has 0 bridgehead atoms. The van der Waals surface area contributed by atoms with Gasteiger partial charge in [-0.25, -0.2) is 0 Å². The number of methoxy groups -OCH3 is 2. The van der Waals surface area contributed by atoms with E-state index in [1.54, 1.807) is 14.2 Å². The zero-order valence-corrected chi connectivity index (χ0v) is 10.4. The molecule has 2 aliphatic rings. The maximum absolute atomic E-state index is 5.91. The molecule has 1 atom stereocenters. The van der Waals surface area contributed by atoms with Crippen LogP contribution < -0.4 is 5.73 Å². The van der Waals surface area contributed by atoms with Crippen molar-refractivity contribution < 1.29 is 9.47 Å². The fraction of sp³-hybridized carbons (Fsp3) is 1.00. The van der Waals surface area contributed by atoms with E-state index in [-0.39, 0.29) is 5.79 Å². The molecule has 0 spiro atoms. The van der Waals surface area contributed by atoms with Gasteiger partial charge in [-0.15, -0.1) is 0 Å². The Morgan fingerprint density at radius 3 is 2.25 bits per heavy atom. The lowest BCUT2D eigenvalue weighted by Gasteiger charge is -2.52. The predicted molar refractivity (Wildman–Crippen MR) is 63.1 cm³/mol. The van der Waals surface area contributed by atoms with Gasteiger partial charge in [-0.3, -0.25) is 4.90 Å².